The molecule has 0 amide bonds. The standard InChI is InChI=1S/C49H58O2Si/c1-14-27-51-45-43(49(8,9)10)30-38(50-11)31-44(45)52(12,13)46-41-28-34(32-15-21-36(22-16-32)47(2,3)4)19-25-39(41)40-26-20-35(29-42(40)46)33-17-23-37(24-18-33)48(5,6)7/h14-26,28-31,46H,1,27H2,2-13H3. The number of rotatable bonds is 8. The Hall–Kier alpha value is -4.34. The molecule has 2 nitrogen and oxygen atoms in total. The maximum atomic E-state index is 6.69. The zero-order chi connectivity index (χ0) is 37.8. The van der Waals surface area contributed by atoms with Gasteiger partial charge >= 0.3 is 0 Å². The van der Waals surface area contributed by atoms with Crippen LogP contribution in [0, 0.1) is 0 Å². The van der Waals surface area contributed by atoms with Crippen LogP contribution in [-0.2, 0) is 16.2 Å². The van der Waals surface area contributed by atoms with Crippen molar-refractivity contribution in [3.63, 3.8) is 0 Å². The second-order valence-electron chi connectivity index (χ2n) is 18.3. The second-order valence-corrected chi connectivity index (χ2v) is 22.9. The number of fused-ring (bicyclic) bond motifs is 3. The summed E-state index contributed by atoms with van der Waals surface area (Å²) in [7, 11) is -0.679. The third kappa shape index (κ3) is 7.05. The fraction of sp³-hybridized carbons (Fsp3) is 0.347. The van der Waals surface area contributed by atoms with Crippen molar-refractivity contribution in [3.05, 3.63) is 138 Å². The molecular formula is C49H58O2Si. The van der Waals surface area contributed by atoms with Gasteiger partial charge in [0.05, 0.1) is 15.2 Å². The predicted octanol–water partition coefficient (Wildman–Crippen LogP) is 12.8. The molecule has 0 saturated carbocycles. The molecule has 52 heavy (non-hydrogen) atoms. The Morgan fingerprint density at radius 1 is 0.596 bits per heavy atom. The van der Waals surface area contributed by atoms with E-state index in [4.69, 9.17) is 9.47 Å². The molecule has 0 aliphatic heterocycles. The van der Waals surface area contributed by atoms with Crippen molar-refractivity contribution >= 4 is 13.3 Å². The molecule has 0 spiro atoms. The Bertz CT molecular complexity index is 1990. The number of hydrogen-bond donors (Lipinski definition) is 0. The van der Waals surface area contributed by atoms with Gasteiger partial charge in [0, 0.05) is 11.1 Å². The van der Waals surface area contributed by atoms with Crippen LogP contribution in [0.25, 0.3) is 33.4 Å². The Morgan fingerprint density at radius 2 is 1.04 bits per heavy atom. The summed E-state index contributed by atoms with van der Waals surface area (Å²) in [6, 6.07) is 37.1. The van der Waals surface area contributed by atoms with Crippen LogP contribution >= 0.6 is 0 Å². The summed E-state index contributed by atoms with van der Waals surface area (Å²) in [5.74, 6) is 1.87. The molecule has 0 bridgehead atoms. The Kier molecular flexibility index (Phi) is 9.76. The minimum absolute atomic E-state index is 0.109. The second kappa shape index (κ2) is 13.6. The van der Waals surface area contributed by atoms with Crippen molar-refractivity contribution in [1.82, 2.24) is 0 Å². The SMILES string of the molecule is C=CCOc1c(C(C)(C)C)cc(OC)cc1[Si](C)(C)C1c2cc(-c3ccc(C(C)(C)C)cc3)ccc2-c2ccc(-c3ccc(C(C)(C)C)cc3)cc21. The van der Waals surface area contributed by atoms with E-state index in [1.807, 2.05) is 6.08 Å². The van der Waals surface area contributed by atoms with Gasteiger partial charge in [-0.3, -0.25) is 0 Å². The fourth-order valence-corrected chi connectivity index (χ4v) is 11.6. The van der Waals surface area contributed by atoms with Crippen molar-refractivity contribution in [3.8, 4) is 44.9 Å². The van der Waals surface area contributed by atoms with Gasteiger partial charge in [0.15, 0.2) is 0 Å². The molecule has 0 radical (unpaired) electrons. The van der Waals surface area contributed by atoms with Crippen LogP contribution in [0.4, 0.5) is 0 Å². The van der Waals surface area contributed by atoms with Gasteiger partial charge in [-0.2, -0.15) is 0 Å². The lowest BCUT2D eigenvalue weighted by Crippen LogP contribution is -2.49. The molecule has 0 atom stereocenters. The molecule has 0 heterocycles. The minimum atomic E-state index is -2.46. The predicted molar refractivity (Wildman–Crippen MR) is 226 cm³/mol. The lowest BCUT2D eigenvalue weighted by Gasteiger charge is -2.36. The van der Waals surface area contributed by atoms with Gasteiger partial charge in [0.1, 0.15) is 18.1 Å². The highest BCUT2D eigenvalue weighted by molar-refractivity contribution is 6.92. The first kappa shape index (κ1) is 37.4. The van der Waals surface area contributed by atoms with Gasteiger partial charge in [-0.25, -0.2) is 0 Å². The minimum Gasteiger partial charge on any atom is -0.497 e. The van der Waals surface area contributed by atoms with Gasteiger partial charge < -0.3 is 9.47 Å². The zero-order valence-electron chi connectivity index (χ0n) is 33.6. The Morgan fingerprint density at radius 3 is 1.42 bits per heavy atom. The van der Waals surface area contributed by atoms with E-state index in [2.05, 4.69) is 179 Å². The molecule has 3 heteroatoms. The van der Waals surface area contributed by atoms with Crippen molar-refractivity contribution in [2.24, 2.45) is 0 Å². The first-order chi connectivity index (χ1) is 24.3. The molecule has 0 aromatic heterocycles. The summed E-state index contributed by atoms with van der Waals surface area (Å²) in [4.78, 5) is 0. The lowest BCUT2D eigenvalue weighted by molar-refractivity contribution is 0.351. The normalized spacial score (nSPS) is 13.5. The number of benzene rings is 5. The maximum absolute atomic E-state index is 6.69. The number of hydrogen-bond acceptors (Lipinski definition) is 2. The molecule has 0 N–H and O–H groups in total. The van der Waals surface area contributed by atoms with Crippen LogP contribution < -0.4 is 14.7 Å². The summed E-state index contributed by atoms with van der Waals surface area (Å²) >= 11 is 0. The Labute approximate surface area is 315 Å². The highest BCUT2D eigenvalue weighted by Gasteiger charge is 2.45. The summed E-state index contributed by atoms with van der Waals surface area (Å²) in [6.07, 6.45) is 1.85. The van der Waals surface area contributed by atoms with Crippen LogP contribution in [-0.4, -0.2) is 21.8 Å². The highest BCUT2D eigenvalue weighted by atomic mass is 28.3. The van der Waals surface area contributed by atoms with Gasteiger partial charge in [-0.05, 0) is 89.2 Å². The van der Waals surface area contributed by atoms with Crippen molar-refractivity contribution in [2.75, 3.05) is 13.7 Å². The van der Waals surface area contributed by atoms with Gasteiger partial charge in [0.25, 0.3) is 0 Å². The van der Waals surface area contributed by atoms with Crippen LogP contribution in [0.15, 0.2) is 110 Å². The van der Waals surface area contributed by atoms with Crippen LogP contribution in [0.1, 0.15) is 95.7 Å². The molecule has 0 unspecified atom stereocenters. The summed E-state index contributed by atoms with van der Waals surface area (Å²) in [5.41, 5.74) is 14.6. The third-order valence-electron chi connectivity index (χ3n) is 11.1. The largest absolute Gasteiger partial charge is 0.497 e. The van der Waals surface area contributed by atoms with E-state index in [0.717, 1.165) is 11.5 Å². The van der Waals surface area contributed by atoms with Gasteiger partial charge in [-0.15, -0.1) is 0 Å². The third-order valence-corrected chi connectivity index (χ3v) is 14.9. The molecule has 5 aromatic carbocycles. The lowest BCUT2D eigenvalue weighted by atomic mass is 9.86. The first-order valence-corrected chi connectivity index (χ1v) is 21.9. The van der Waals surface area contributed by atoms with E-state index >= 15 is 0 Å². The molecule has 0 saturated heterocycles. The van der Waals surface area contributed by atoms with E-state index in [0.29, 0.717) is 6.61 Å². The zero-order valence-corrected chi connectivity index (χ0v) is 34.6. The first-order valence-electron chi connectivity index (χ1n) is 18.8. The number of methoxy groups -OCH3 is 1. The van der Waals surface area contributed by atoms with Crippen molar-refractivity contribution < 1.29 is 9.47 Å². The Balaban J connectivity index is 1.58. The summed E-state index contributed by atoms with van der Waals surface area (Å²) in [6.45, 7) is 29.9. The average molecular weight is 707 g/mol. The van der Waals surface area contributed by atoms with Crippen molar-refractivity contribution in [1.29, 1.82) is 0 Å². The summed E-state index contributed by atoms with van der Waals surface area (Å²) in [5, 5.41) is 1.28. The summed E-state index contributed by atoms with van der Waals surface area (Å²) < 4.78 is 12.7. The topological polar surface area (TPSA) is 18.5 Å². The van der Waals surface area contributed by atoms with Crippen LogP contribution in [0.5, 0.6) is 11.5 Å². The molecule has 0 fully saturated rings. The van der Waals surface area contributed by atoms with Crippen LogP contribution in [0.3, 0.4) is 0 Å². The van der Waals surface area contributed by atoms with Gasteiger partial charge in [-0.1, -0.05) is 173 Å². The molecular weight excluding hydrogens is 649 g/mol. The molecule has 1 aliphatic carbocycles. The molecule has 6 rings (SSSR count). The van der Waals surface area contributed by atoms with E-state index < -0.39 is 8.07 Å². The fourth-order valence-electron chi connectivity index (χ4n) is 7.93. The monoisotopic (exact) mass is 706 g/mol. The number of ether oxygens (including phenoxy) is 2. The van der Waals surface area contributed by atoms with Gasteiger partial charge in [0.2, 0.25) is 0 Å². The van der Waals surface area contributed by atoms with E-state index in [1.165, 1.54) is 66.4 Å². The molecule has 1 aliphatic rings. The molecule has 5 aromatic rings. The highest BCUT2D eigenvalue weighted by Crippen LogP contribution is 2.52. The van der Waals surface area contributed by atoms with Crippen molar-refractivity contribution in [2.45, 2.75) is 97.2 Å². The van der Waals surface area contributed by atoms with E-state index in [9.17, 15) is 0 Å². The average Bonchev–Trinajstić information content (AvgIpc) is 3.43. The quantitative estimate of drug-likeness (QED) is 0.118. The van der Waals surface area contributed by atoms with E-state index in [1.54, 1.807) is 7.11 Å². The van der Waals surface area contributed by atoms with Crippen LogP contribution in [0.2, 0.25) is 13.1 Å². The smallest absolute Gasteiger partial charge is 0.123 e. The molecule has 270 valence electrons. The van der Waals surface area contributed by atoms with E-state index in [-0.39, 0.29) is 21.8 Å². The maximum Gasteiger partial charge on any atom is 0.123 e.